The molecule has 2 rings (SSSR count). The van der Waals surface area contributed by atoms with Gasteiger partial charge in [-0.25, -0.2) is 4.79 Å². The highest BCUT2D eigenvalue weighted by atomic mass is 19.4. The van der Waals surface area contributed by atoms with Crippen LogP contribution in [0.1, 0.15) is 18.4 Å². The number of carbonyl (C=O) groups is 2. The molecule has 10 heteroatoms. The Morgan fingerprint density at radius 1 is 1.46 bits per heavy atom. The average molecular weight is 347 g/mol. The lowest BCUT2D eigenvalue weighted by molar-refractivity contribution is -0.157. The van der Waals surface area contributed by atoms with Crippen LogP contribution in [-0.2, 0) is 11.3 Å². The summed E-state index contributed by atoms with van der Waals surface area (Å²) in [6.45, 7) is 1.64. The summed E-state index contributed by atoms with van der Waals surface area (Å²) in [6, 6.07) is -1.46. The van der Waals surface area contributed by atoms with Gasteiger partial charge in [0, 0.05) is 25.8 Å². The molecular weight excluding hydrogens is 327 g/mol. The van der Waals surface area contributed by atoms with Crippen LogP contribution in [0.25, 0.3) is 0 Å². The highest BCUT2D eigenvalue weighted by Gasteiger charge is 2.39. The molecule has 0 spiro atoms. The predicted octanol–water partition coefficient (Wildman–Crippen LogP) is 1.04. The van der Waals surface area contributed by atoms with Crippen molar-refractivity contribution in [3.05, 3.63) is 18.0 Å². The van der Waals surface area contributed by atoms with Gasteiger partial charge < -0.3 is 15.5 Å². The summed E-state index contributed by atoms with van der Waals surface area (Å²) in [4.78, 5) is 24.2. The number of alkyl halides is 3. The van der Waals surface area contributed by atoms with Crippen molar-refractivity contribution in [2.45, 2.75) is 38.5 Å². The predicted molar refractivity (Wildman–Crippen MR) is 79.2 cm³/mol. The minimum atomic E-state index is -4.43. The molecule has 1 aromatic rings. The maximum absolute atomic E-state index is 12.3. The molecule has 1 aromatic heterocycles. The smallest absolute Gasteiger partial charge is 0.338 e. The highest BCUT2D eigenvalue weighted by Crippen LogP contribution is 2.20. The van der Waals surface area contributed by atoms with Gasteiger partial charge in [0.1, 0.15) is 12.6 Å². The molecule has 0 bridgehead atoms. The molecule has 134 valence electrons. The number of hydrogen-bond donors (Lipinski definition) is 2. The lowest BCUT2D eigenvalue weighted by Crippen LogP contribution is -2.47. The number of likely N-dealkylation sites (tertiary alicyclic amines) is 1. The molecule has 2 heterocycles. The van der Waals surface area contributed by atoms with E-state index in [9.17, 15) is 22.8 Å². The van der Waals surface area contributed by atoms with Gasteiger partial charge >= 0.3 is 12.2 Å². The summed E-state index contributed by atoms with van der Waals surface area (Å²) < 4.78 is 38.7. The topological polar surface area (TPSA) is 79.3 Å². The summed E-state index contributed by atoms with van der Waals surface area (Å²) in [6.07, 6.45) is 0.00492. The van der Waals surface area contributed by atoms with E-state index in [1.165, 1.54) is 0 Å². The molecule has 1 aliphatic rings. The third kappa shape index (κ3) is 5.43. The standard InChI is InChI=1S/C14H20F3N5O2/c1-10-7-19-22(8-10)5-2-4-18-13(24)20-11-3-6-21(12(11)23)9-14(15,16)17/h7-8,11H,2-6,9H2,1H3,(H2,18,20,24)/t11-/m1/s1. The molecule has 1 atom stereocenters. The van der Waals surface area contributed by atoms with Crippen LogP contribution in [0.3, 0.4) is 0 Å². The average Bonchev–Trinajstić information content (AvgIpc) is 3.03. The van der Waals surface area contributed by atoms with Crippen molar-refractivity contribution in [3.8, 4) is 0 Å². The maximum Gasteiger partial charge on any atom is 0.406 e. The van der Waals surface area contributed by atoms with Crippen molar-refractivity contribution >= 4 is 11.9 Å². The molecule has 0 saturated carbocycles. The Balaban J connectivity index is 1.66. The van der Waals surface area contributed by atoms with Crippen LogP contribution in [-0.4, -0.2) is 58.5 Å². The maximum atomic E-state index is 12.3. The number of nitrogens with one attached hydrogen (secondary N) is 2. The van der Waals surface area contributed by atoms with Gasteiger partial charge in [0.2, 0.25) is 5.91 Å². The van der Waals surface area contributed by atoms with Crippen LogP contribution >= 0.6 is 0 Å². The van der Waals surface area contributed by atoms with E-state index >= 15 is 0 Å². The molecular formula is C14H20F3N5O2. The summed E-state index contributed by atoms with van der Waals surface area (Å²) in [5.41, 5.74) is 1.05. The Labute approximate surface area is 137 Å². The lowest BCUT2D eigenvalue weighted by atomic mass is 10.2. The highest BCUT2D eigenvalue weighted by molar-refractivity contribution is 5.88. The van der Waals surface area contributed by atoms with Crippen molar-refractivity contribution in [2.75, 3.05) is 19.6 Å². The Morgan fingerprint density at radius 3 is 2.83 bits per heavy atom. The number of urea groups is 1. The molecule has 1 aliphatic heterocycles. The van der Waals surface area contributed by atoms with Gasteiger partial charge in [0.05, 0.1) is 6.20 Å². The van der Waals surface area contributed by atoms with Crippen LogP contribution in [0, 0.1) is 6.92 Å². The largest absolute Gasteiger partial charge is 0.406 e. The first kappa shape index (κ1) is 18.1. The Hall–Kier alpha value is -2.26. The van der Waals surface area contributed by atoms with E-state index in [1.54, 1.807) is 10.9 Å². The molecule has 1 saturated heterocycles. The first-order chi connectivity index (χ1) is 11.2. The number of aryl methyl sites for hydroxylation is 2. The zero-order chi connectivity index (χ0) is 17.7. The number of rotatable bonds is 6. The first-order valence-electron chi connectivity index (χ1n) is 7.63. The summed E-state index contributed by atoms with van der Waals surface area (Å²) in [7, 11) is 0. The van der Waals surface area contributed by atoms with E-state index in [-0.39, 0.29) is 13.0 Å². The monoisotopic (exact) mass is 347 g/mol. The molecule has 3 amide bonds. The van der Waals surface area contributed by atoms with Crippen molar-refractivity contribution in [3.63, 3.8) is 0 Å². The quantitative estimate of drug-likeness (QED) is 0.755. The molecule has 0 unspecified atom stereocenters. The molecule has 2 N–H and O–H groups in total. The molecule has 24 heavy (non-hydrogen) atoms. The van der Waals surface area contributed by atoms with Crippen LogP contribution in [0.2, 0.25) is 0 Å². The van der Waals surface area contributed by atoms with Crippen molar-refractivity contribution in [1.29, 1.82) is 0 Å². The van der Waals surface area contributed by atoms with E-state index < -0.39 is 30.7 Å². The van der Waals surface area contributed by atoms with Crippen molar-refractivity contribution in [1.82, 2.24) is 25.3 Å². The van der Waals surface area contributed by atoms with Crippen LogP contribution < -0.4 is 10.6 Å². The third-order valence-electron chi connectivity index (χ3n) is 3.58. The number of amides is 3. The lowest BCUT2D eigenvalue weighted by Gasteiger charge is -2.18. The van der Waals surface area contributed by atoms with E-state index in [4.69, 9.17) is 0 Å². The second-order valence-electron chi connectivity index (χ2n) is 5.75. The number of nitrogens with zero attached hydrogens (tertiary/aromatic N) is 3. The first-order valence-corrected chi connectivity index (χ1v) is 7.63. The van der Waals surface area contributed by atoms with Gasteiger partial charge in [-0.2, -0.15) is 18.3 Å². The molecule has 7 nitrogen and oxygen atoms in total. The second-order valence-corrected chi connectivity index (χ2v) is 5.75. The molecule has 0 radical (unpaired) electrons. The second kappa shape index (κ2) is 7.54. The number of hydrogen-bond acceptors (Lipinski definition) is 3. The molecule has 1 fully saturated rings. The fourth-order valence-electron chi connectivity index (χ4n) is 2.49. The van der Waals surface area contributed by atoms with Crippen LogP contribution in [0.4, 0.5) is 18.0 Å². The summed E-state index contributed by atoms with van der Waals surface area (Å²) in [5, 5.41) is 9.11. The van der Waals surface area contributed by atoms with Gasteiger partial charge in [-0.3, -0.25) is 9.48 Å². The van der Waals surface area contributed by atoms with Gasteiger partial charge in [-0.1, -0.05) is 0 Å². The van der Waals surface area contributed by atoms with Gasteiger partial charge in [0.15, 0.2) is 0 Å². The number of halogens is 3. The number of aromatic nitrogens is 2. The van der Waals surface area contributed by atoms with E-state index in [0.717, 1.165) is 5.56 Å². The molecule has 0 aromatic carbocycles. The fourth-order valence-corrected chi connectivity index (χ4v) is 2.49. The van der Waals surface area contributed by atoms with Crippen molar-refractivity contribution < 1.29 is 22.8 Å². The van der Waals surface area contributed by atoms with Crippen LogP contribution in [0.15, 0.2) is 12.4 Å². The van der Waals surface area contributed by atoms with Gasteiger partial charge in [-0.05, 0) is 25.3 Å². The number of carbonyl (C=O) groups excluding carboxylic acids is 2. The normalized spacial score (nSPS) is 18.1. The Bertz CT molecular complexity index is 587. The van der Waals surface area contributed by atoms with Crippen molar-refractivity contribution in [2.24, 2.45) is 0 Å². The summed E-state index contributed by atoms with van der Waals surface area (Å²) in [5.74, 6) is -0.700. The van der Waals surface area contributed by atoms with Gasteiger partial charge in [-0.15, -0.1) is 0 Å². The zero-order valence-electron chi connectivity index (χ0n) is 13.3. The van der Waals surface area contributed by atoms with E-state index in [2.05, 4.69) is 15.7 Å². The minimum absolute atomic E-state index is 0.0120. The molecule has 0 aliphatic carbocycles. The van der Waals surface area contributed by atoms with Gasteiger partial charge in [0.25, 0.3) is 0 Å². The SMILES string of the molecule is Cc1cnn(CCCNC(=O)N[C@@H]2CCN(CC(F)(F)F)C2=O)c1. The van der Waals surface area contributed by atoms with E-state index in [0.29, 0.717) is 24.4 Å². The Morgan fingerprint density at radius 2 is 2.21 bits per heavy atom. The Kier molecular flexibility index (Phi) is 5.68. The zero-order valence-corrected chi connectivity index (χ0v) is 13.3. The minimum Gasteiger partial charge on any atom is -0.338 e. The fraction of sp³-hybridized carbons (Fsp3) is 0.643. The van der Waals surface area contributed by atoms with Crippen LogP contribution in [0.5, 0.6) is 0 Å². The van der Waals surface area contributed by atoms with E-state index in [1.807, 2.05) is 13.1 Å². The summed E-state index contributed by atoms with van der Waals surface area (Å²) >= 11 is 0. The third-order valence-corrected chi connectivity index (χ3v) is 3.58.